The van der Waals surface area contributed by atoms with Crippen LogP contribution in [0.25, 0.3) is 0 Å². The van der Waals surface area contributed by atoms with Gasteiger partial charge in [-0.25, -0.2) is 14.4 Å². The van der Waals surface area contributed by atoms with Crippen LogP contribution in [0.3, 0.4) is 0 Å². The first kappa shape index (κ1) is 17.5. The van der Waals surface area contributed by atoms with Gasteiger partial charge < -0.3 is 10.6 Å². The lowest BCUT2D eigenvalue weighted by molar-refractivity contribution is 0.0945. The predicted octanol–water partition coefficient (Wildman–Crippen LogP) is 3.47. The second-order valence-corrected chi connectivity index (χ2v) is 5.90. The molecular weight excluding hydrogens is 331 g/mol. The molecule has 6 heteroatoms. The first-order valence-electron chi connectivity index (χ1n) is 8.25. The highest BCUT2D eigenvalue weighted by molar-refractivity contribution is 5.92. The van der Waals surface area contributed by atoms with E-state index in [4.69, 9.17) is 0 Å². The van der Waals surface area contributed by atoms with Crippen molar-refractivity contribution in [3.8, 4) is 0 Å². The lowest BCUT2D eigenvalue weighted by Crippen LogP contribution is -2.24. The summed E-state index contributed by atoms with van der Waals surface area (Å²) in [6.45, 7) is 2.73. The van der Waals surface area contributed by atoms with Crippen LogP contribution < -0.4 is 10.6 Å². The molecule has 1 aromatic heterocycles. The van der Waals surface area contributed by atoms with Crippen molar-refractivity contribution in [3.63, 3.8) is 0 Å². The topological polar surface area (TPSA) is 66.9 Å². The molecule has 3 aromatic rings. The Labute approximate surface area is 151 Å². The number of nitrogens with one attached hydrogen (secondary N) is 2. The zero-order valence-corrected chi connectivity index (χ0v) is 14.4. The summed E-state index contributed by atoms with van der Waals surface area (Å²) in [6.07, 6.45) is 1.33. The standard InChI is InChI=1S/C20H19FN4O/c1-14-6-8-15(9-7-14)11-22-19-10-18(24-13-25-19)20(26)23-12-16-4-2-3-5-17(16)21/h2-10,13H,11-12H2,1H3,(H,23,26)(H,22,24,25). The minimum Gasteiger partial charge on any atom is -0.366 e. The van der Waals surface area contributed by atoms with E-state index in [-0.39, 0.29) is 24.0 Å². The van der Waals surface area contributed by atoms with Gasteiger partial charge in [0.1, 0.15) is 23.7 Å². The number of carbonyl (C=O) groups excluding carboxylic acids is 1. The number of anilines is 1. The molecule has 0 radical (unpaired) electrons. The molecule has 0 bridgehead atoms. The maximum absolute atomic E-state index is 13.6. The molecule has 132 valence electrons. The monoisotopic (exact) mass is 350 g/mol. The number of benzene rings is 2. The zero-order valence-electron chi connectivity index (χ0n) is 14.4. The molecular formula is C20H19FN4O. The smallest absolute Gasteiger partial charge is 0.270 e. The predicted molar refractivity (Wildman–Crippen MR) is 98.1 cm³/mol. The van der Waals surface area contributed by atoms with Gasteiger partial charge in [-0.05, 0) is 18.6 Å². The Morgan fingerprint density at radius 1 is 1.04 bits per heavy atom. The number of amides is 1. The molecule has 0 atom stereocenters. The average Bonchev–Trinajstić information content (AvgIpc) is 2.67. The molecule has 5 nitrogen and oxygen atoms in total. The van der Waals surface area contributed by atoms with Crippen molar-refractivity contribution in [1.29, 1.82) is 0 Å². The van der Waals surface area contributed by atoms with Gasteiger partial charge in [-0.1, -0.05) is 48.0 Å². The van der Waals surface area contributed by atoms with Crippen LogP contribution in [-0.4, -0.2) is 15.9 Å². The molecule has 0 aliphatic rings. The first-order valence-corrected chi connectivity index (χ1v) is 8.25. The Kier molecular flexibility index (Phi) is 5.53. The highest BCUT2D eigenvalue weighted by Crippen LogP contribution is 2.09. The summed E-state index contributed by atoms with van der Waals surface area (Å²) in [5.74, 6) is -0.179. The normalized spacial score (nSPS) is 10.4. The number of carbonyl (C=O) groups is 1. The maximum atomic E-state index is 13.6. The summed E-state index contributed by atoms with van der Waals surface area (Å²) in [7, 11) is 0. The summed E-state index contributed by atoms with van der Waals surface area (Å²) in [6, 6.07) is 16.0. The Balaban J connectivity index is 1.60. The second-order valence-electron chi connectivity index (χ2n) is 5.90. The van der Waals surface area contributed by atoms with Crippen LogP contribution in [0.5, 0.6) is 0 Å². The summed E-state index contributed by atoms with van der Waals surface area (Å²) >= 11 is 0. The molecule has 0 spiro atoms. The van der Waals surface area contributed by atoms with Gasteiger partial charge in [0, 0.05) is 24.7 Å². The van der Waals surface area contributed by atoms with Crippen molar-refractivity contribution in [3.05, 3.63) is 89.1 Å². The Hall–Kier alpha value is -3.28. The number of aryl methyl sites for hydroxylation is 1. The van der Waals surface area contributed by atoms with Crippen LogP contribution in [0.15, 0.2) is 60.9 Å². The lowest BCUT2D eigenvalue weighted by atomic mass is 10.1. The number of hydrogen-bond acceptors (Lipinski definition) is 4. The number of hydrogen-bond donors (Lipinski definition) is 2. The van der Waals surface area contributed by atoms with Crippen LogP contribution in [0.1, 0.15) is 27.2 Å². The van der Waals surface area contributed by atoms with Crippen molar-refractivity contribution >= 4 is 11.7 Å². The van der Waals surface area contributed by atoms with Crippen molar-refractivity contribution in [2.45, 2.75) is 20.0 Å². The first-order chi connectivity index (χ1) is 12.6. The molecule has 3 rings (SSSR count). The van der Waals surface area contributed by atoms with E-state index in [9.17, 15) is 9.18 Å². The molecule has 0 saturated carbocycles. The average molecular weight is 350 g/mol. The molecule has 0 unspecified atom stereocenters. The second kappa shape index (κ2) is 8.20. The molecule has 0 aliphatic heterocycles. The number of halogens is 1. The van der Waals surface area contributed by atoms with Gasteiger partial charge in [0.2, 0.25) is 0 Å². The van der Waals surface area contributed by atoms with E-state index in [1.165, 1.54) is 18.0 Å². The Morgan fingerprint density at radius 2 is 1.81 bits per heavy atom. The van der Waals surface area contributed by atoms with Crippen LogP contribution >= 0.6 is 0 Å². The van der Waals surface area contributed by atoms with E-state index < -0.39 is 0 Å². The molecule has 26 heavy (non-hydrogen) atoms. The van der Waals surface area contributed by atoms with Crippen molar-refractivity contribution < 1.29 is 9.18 Å². The fourth-order valence-corrected chi connectivity index (χ4v) is 2.38. The SMILES string of the molecule is Cc1ccc(CNc2cc(C(=O)NCc3ccccc3F)ncn2)cc1. The number of aromatic nitrogens is 2. The highest BCUT2D eigenvalue weighted by atomic mass is 19.1. The van der Waals surface area contributed by atoms with Crippen molar-refractivity contribution in [2.24, 2.45) is 0 Å². The third-order valence-electron chi connectivity index (χ3n) is 3.89. The third kappa shape index (κ3) is 4.63. The summed E-state index contributed by atoms with van der Waals surface area (Å²) in [5.41, 5.74) is 2.96. The number of nitrogens with zero attached hydrogens (tertiary/aromatic N) is 2. The summed E-state index contributed by atoms with van der Waals surface area (Å²) in [5, 5.41) is 5.83. The van der Waals surface area contributed by atoms with Gasteiger partial charge in [-0.2, -0.15) is 0 Å². The largest absolute Gasteiger partial charge is 0.366 e. The summed E-state index contributed by atoms with van der Waals surface area (Å²) < 4.78 is 13.6. The summed E-state index contributed by atoms with van der Waals surface area (Å²) in [4.78, 5) is 20.3. The van der Waals surface area contributed by atoms with Crippen LogP contribution in [0, 0.1) is 12.7 Å². The molecule has 1 heterocycles. The molecule has 0 saturated heterocycles. The minimum absolute atomic E-state index is 0.0988. The maximum Gasteiger partial charge on any atom is 0.270 e. The van der Waals surface area contributed by atoms with E-state index in [0.29, 0.717) is 17.9 Å². The molecule has 0 aliphatic carbocycles. The van der Waals surface area contributed by atoms with E-state index in [0.717, 1.165) is 5.56 Å². The van der Waals surface area contributed by atoms with E-state index >= 15 is 0 Å². The van der Waals surface area contributed by atoms with Gasteiger partial charge in [-0.3, -0.25) is 4.79 Å². The molecule has 0 fully saturated rings. The van der Waals surface area contributed by atoms with Gasteiger partial charge in [0.25, 0.3) is 5.91 Å². The fraction of sp³-hybridized carbons (Fsp3) is 0.150. The van der Waals surface area contributed by atoms with Gasteiger partial charge in [-0.15, -0.1) is 0 Å². The molecule has 2 N–H and O–H groups in total. The van der Waals surface area contributed by atoms with E-state index in [1.54, 1.807) is 24.3 Å². The lowest BCUT2D eigenvalue weighted by Gasteiger charge is -2.08. The molecule has 2 aromatic carbocycles. The number of rotatable bonds is 6. The van der Waals surface area contributed by atoms with Gasteiger partial charge >= 0.3 is 0 Å². The Morgan fingerprint density at radius 3 is 2.58 bits per heavy atom. The van der Waals surface area contributed by atoms with Gasteiger partial charge in [0.15, 0.2) is 0 Å². The van der Waals surface area contributed by atoms with Crippen LogP contribution in [-0.2, 0) is 13.1 Å². The third-order valence-corrected chi connectivity index (χ3v) is 3.89. The van der Waals surface area contributed by atoms with Crippen LogP contribution in [0.2, 0.25) is 0 Å². The van der Waals surface area contributed by atoms with Crippen LogP contribution in [0.4, 0.5) is 10.2 Å². The minimum atomic E-state index is -0.381. The fourth-order valence-electron chi connectivity index (χ4n) is 2.38. The van der Waals surface area contributed by atoms with Crippen molar-refractivity contribution in [2.75, 3.05) is 5.32 Å². The quantitative estimate of drug-likeness (QED) is 0.714. The van der Waals surface area contributed by atoms with Gasteiger partial charge in [0.05, 0.1) is 0 Å². The zero-order chi connectivity index (χ0) is 18.4. The van der Waals surface area contributed by atoms with Crippen molar-refractivity contribution in [1.82, 2.24) is 15.3 Å². The Bertz CT molecular complexity index is 896. The van der Waals surface area contributed by atoms with E-state index in [2.05, 4.69) is 20.6 Å². The molecule has 1 amide bonds. The highest BCUT2D eigenvalue weighted by Gasteiger charge is 2.10. The van der Waals surface area contributed by atoms with E-state index in [1.807, 2.05) is 31.2 Å².